The quantitative estimate of drug-likeness (QED) is 0.595. The van der Waals surface area contributed by atoms with E-state index < -0.39 is 23.0 Å². The summed E-state index contributed by atoms with van der Waals surface area (Å²) in [6.45, 7) is 0. The summed E-state index contributed by atoms with van der Waals surface area (Å²) < 4.78 is 5.31. The third-order valence-electron chi connectivity index (χ3n) is 3.69. The SMILES string of the molecule is COC1(NC(=O)Cc2cccs2)C(=O)N2C(C(=O)O)=CCSC21. The van der Waals surface area contributed by atoms with E-state index in [1.807, 2.05) is 17.5 Å². The van der Waals surface area contributed by atoms with E-state index in [4.69, 9.17) is 4.74 Å². The van der Waals surface area contributed by atoms with Gasteiger partial charge in [0.25, 0.3) is 11.6 Å². The van der Waals surface area contributed by atoms with E-state index in [-0.39, 0.29) is 18.0 Å². The van der Waals surface area contributed by atoms with Crippen molar-refractivity contribution in [2.45, 2.75) is 17.5 Å². The molecule has 0 spiro atoms. The van der Waals surface area contributed by atoms with Crippen LogP contribution in [0.5, 0.6) is 0 Å². The van der Waals surface area contributed by atoms with Gasteiger partial charge in [0, 0.05) is 17.7 Å². The highest BCUT2D eigenvalue weighted by Gasteiger charge is 2.65. The molecule has 1 aromatic rings. The van der Waals surface area contributed by atoms with Gasteiger partial charge >= 0.3 is 5.97 Å². The zero-order chi connectivity index (χ0) is 16.6. The van der Waals surface area contributed by atoms with Gasteiger partial charge in [0.15, 0.2) is 0 Å². The van der Waals surface area contributed by atoms with Crippen molar-refractivity contribution in [3.63, 3.8) is 0 Å². The van der Waals surface area contributed by atoms with Crippen LogP contribution in [0.4, 0.5) is 0 Å². The van der Waals surface area contributed by atoms with E-state index in [9.17, 15) is 19.5 Å². The van der Waals surface area contributed by atoms with Crippen LogP contribution in [0.2, 0.25) is 0 Å². The second-order valence-electron chi connectivity index (χ2n) is 5.00. The van der Waals surface area contributed by atoms with E-state index in [0.29, 0.717) is 5.75 Å². The van der Waals surface area contributed by atoms with Crippen LogP contribution in [-0.2, 0) is 25.5 Å². The maximum absolute atomic E-state index is 12.5. The molecule has 3 heterocycles. The van der Waals surface area contributed by atoms with Crippen molar-refractivity contribution in [3.8, 4) is 0 Å². The van der Waals surface area contributed by atoms with Crippen LogP contribution < -0.4 is 5.32 Å². The van der Waals surface area contributed by atoms with Crippen molar-refractivity contribution in [1.29, 1.82) is 0 Å². The molecule has 0 radical (unpaired) electrons. The number of nitrogens with zero attached hydrogens (tertiary/aromatic N) is 1. The summed E-state index contributed by atoms with van der Waals surface area (Å²) in [6, 6.07) is 3.68. The first-order valence-corrected chi connectivity index (χ1v) is 8.69. The second kappa shape index (κ2) is 5.99. The van der Waals surface area contributed by atoms with E-state index in [2.05, 4.69) is 5.32 Å². The predicted octanol–water partition coefficient (Wildman–Crippen LogP) is 0.633. The fourth-order valence-corrected chi connectivity index (χ4v) is 4.61. The van der Waals surface area contributed by atoms with Gasteiger partial charge in [0.2, 0.25) is 5.91 Å². The third-order valence-corrected chi connectivity index (χ3v) is 5.78. The Morgan fingerprint density at radius 2 is 2.35 bits per heavy atom. The number of β-lactam (4-membered cyclic amide) rings is 1. The fraction of sp³-hybridized carbons (Fsp3) is 0.357. The van der Waals surface area contributed by atoms with Gasteiger partial charge in [-0.3, -0.25) is 14.5 Å². The molecule has 2 aliphatic rings. The first-order valence-electron chi connectivity index (χ1n) is 6.77. The summed E-state index contributed by atoms with van der Waals surface area (Å²) in [6.07, 6.45) is 1.63. The number of fused-ring (bicyclic) bond motifs is 1. The molecule has 1 fully saturated rings. The lowest BCUT2D eigenvalue weighted by Crippen LogP contribution is -2.80. The first-order chi connectivity index (χ1) is 11.0. The predicted molar refractivity (Wildman–Crippen MR) is 84.7 cm³/mol. The molecule has 0 aliphatic carbocycles. The Morgan fingerprint density at radius 1 is 1.57 bits per heavy atom. The number of methoxy groups -OCH3 is 1. The molecule has 1 saturated heterocycles. The van der Waals surface area contributed by atoms with Gasteiger partial charge < -0.3 is 15.2 Å². The van der Waals surface area contributed by atoms with Gasteiger partial charge in [-0.1, -0.05) is 6.07 Å². The molecule has 9 heteroatoms. The number of amides is 2. The normalized spacial score (nSPS) is 26.1. The molecule has 2 unspecified atom stereocenters. The van der Waals surface area contributed by atoms with Gasteiger partial charge in [0.1, 0.15) is 11.1 Å². The van der Waals surface area contributed by atoms with Crippen LogP contribution in [0, 0.1) is 0 Å². The number of thioether (sulfide) groups is 1. The number of ether oxygens (including phenoxy) is 1. The Labute approximate surface area is 140 Å². The number of carbonyl (C=O) groups is 3. The van der Waals surface area contributed by atoms with Gasteiger partial charge in [0.05, 0.1) is 6.42 Å². The summed E-state index contributed by atoms with van der Waals surface area (Å²) in [4.78, 5) is 37.9. The lowest BCUT2D eigenvalue weighted by atomic mass is 9.99. The smallest absolute Gasteiger partial charge is 0.352 e. The lowest BCUT2D eigenvalue weighted by molar-refractivity contribution is -0.192. The molecule has 2 aliphatic heterocycles. The molecule has 7 nitrogen and oxygen atoms in total. The molecule has 2 atom stereocenters. The van der Waals surface area contributed by atoms with E-state index in [1.165, 1.54) is 36.3 Å². The van der Waals surface area contributed by atoms with Crippen molar-refractivity contribution >= 4 is 40.9 Å². The number of hydrogen-bond donors (Lipinski definition) is 2. The Kier molecular flexibility index (Phi) is 4.17. The van der Waals surface area contributed by atoms with E-state index >= 15 is 0 Å². The molecule has 2 amide bonds. The van der Waals surface area contributed by atoms with Gasteiger partial charge in [-0.05, 0) is 17.5 Å². The largest absolute Gasteiger partial charge is 0.477 e. The van der Waals surface area contributed by atoms with Crippen LogP contribution in [0.3, 0.4) is 0 Å². The Morgan fingerprint density at radius 3 is 2.96 bits per heavy atom. The van der Waals surface area contributed by atoms with Crippen LogP contribution in [0.15, 0.2) is 29.3 Å². The van der Waals surface area contributed by atoms with Gasteiger partial charge in [-0.25, -0.2) is 4.79 Å². The standard InChI is InChI=1S/C14H14N2O5S2/c1-21-14(15-10(17)7-8-3-2-5-22-8)12(20)16-9(11(18)19)4-6-23-13(14)16/h2-5,13H,6-7H2,1H3,(H,15,17)(H,18,19). The topological polar surface area (TPSA) is 95.9 Å². The van der Waals surface area contributed by atoms with Crippen molar-refractivity contribution < 1.29 is 24.2 Å². The molecular weight excluding hydrogens is 340 g/mol. The summed E-state index contributed by atoms with van der Waals surface area (Å²) in [5.41, 5.74) is -1.58. The van der Waals surface area contributed by atoms with Crippen molar-refractivity contribution in [2.75, 3.05) is 12.9 Å². The number of aliphatic carboxylic acids is 1. The van der Waals surface area contributed by atoms with Crippen LogP contribution >= 0.6 is 23.1 Å². The highest BCUT2D eigenvalue weighted by Crippen LogP contribution is 2.44. The fourth-order valence-electron chi connectivity index (χ4n) is 2.62. The third kappa shape index (κ3) is 2.54. The van der Waals surface area contributed by atoms with Crippen molar-refractivity contribution in [2.24, 2.45) is 0 Å². The Hall–Kier alpha value is -1.84. The number of carboxylic acids is 1. The first kappa shape index (κ1) is 16.0. The number of hydrogen-bond acceptors (Lipinski definition) is 6. The summed E-state index contributed by atoms with van der Waals surface area (Å²) in [5.74, 6) is -1.64. The van der Waals surface area contributed by atoms with Crippen LogP contribution in [0.25, 0.3) is 0 Å². The minimum absolute atomic E-state index is 0.0704. The molecule has 1 aromatic heterocycles. The highest BCUT2D eigenvalue weighted by atomic mass is 32.2. The monoisotopic (exact) mass is 354 g/mol. The molecule has 2 N–H and O–H groups in total. The van der Waals surface area contributed by atoms with Crippen molar-refractivity contribution in [1.82, 2.24) is 10.2 Å². The van der Waals surface area contributed by atoms with Crippen LogP contribution in [0.1, 0.15) is 4.88 Å². The molecule has 0 saturated carbocycles. The molecule has 3 rings (SSSR count). The minimum atomic E-state index is -1.51. The zero-order valence-corrected chi connectivity index (χ0v) is 13.8. The molecule has 122 valence electrons. The summed E-state index contributed by atoms with van der Waals surface area (Å²) in [7, 11) is 1.33. The number of thiophene rings is 1. The van der Waals surface area contributed by atoms with E-state index in [0.717, 1.165) is 9.78 Å². The number of carboxylic acid groups (broad SMARTS) is 1. The lowest BCUT2D eigenvalue weighted by Gasteiger charge is -2.55. The Bertz CT molecular complexity index is 687. The zero-order valence-electron chi connectivity index (χ0n) is 12.1. The maximum atomic E-state index is 12.5. The number of nitrogens with one attached hydrogen (secondary N) is 1. The molecule has 0 aromatic carbocycles. The maximum Gasteiger partial charge on any atom is 0.352 e. The highest BCUT2D eigenvalue weighted by molar-refractivity contribution is 8.00. The number of rotatable bonds is 5. The van der Waals surface area contributed by atoms with Gasteiger partial charge in [-0.2, -0.15) is 0 Å². The minimum Gasteiger partial charge on any atom is -0.477 e. The summed E-state index contributed by atoms with van der Waals surface area (Å²) in [5, 5.41) is 13.1. The molecular formula is C14H14N2O5S2. The van der Waals surface area contributed by atoms with Crippen LogP contribution in [-0.4, -0.2) is 51.8 Å². The molecule has 0 bridgehead atoms. The second-order valence-corrected chi connectivity index (χ2v) is 7.14. The summed E-state index contributed by atoms with van der Waals surface area (Å²) >= 11 is 2.80. The number of carbonyl (C=O) groups excluding carboxylic acids is 2. The van der Waals surface area contributed by atoms with Gasteiger partial charge in [-0.15, -0.1) is 23.1 Å². The average Bonchev–Trinajstić information content (AvgIpc) is 3.04. The van der Waals surface area contributed by atoms with Crippen molar-refractivity contribution in [3.05, 3.63) is 34.2 Å². The van der Waals surface area contributed by atoms with E-state index in [1.54, 1.807) is 0 Å². The molecule has 23 heavy (non-hydrogen) atoms. The average molecular weight is 354 g/mol. The Balaban J connectivity index is 1.77.